The number of anilines is 1. The van der Waals surface area contributed by atoms with E-state index in [1.807, 2.05) is 20.8 Å². The van der Waals surface area contributed by atoms with Crippen LogP contribution in [-0.4, -0.2) is 65.9 Å². The maximum Gasteiger partial charge on any atom is 0.254 e. The van der Waals surface area contributed by atoms with Crippen LogP contribution in [0.3, 0.4) is 0 Å². The van der Waals surface area contributed by atoms with E-state index < -0.39 is 0 Å². The third kappa shape index (κ3) is 3.68. The molecule has 3 heterocycles. The lowest BCUT2D eigenvalue weighted by Gasteiger charge is -2.35. The second kappa shape index (κ2) is 7.64. The van der Waals surface area contributed by atoms with Gasteiger partial charge in [0.15, 0.2) is 0 Å². The largest absolute Gasteiger partial charge is 0.346 e. The predicted molar refractivity (Wildman–Crippen MR) is 93.1 cm³/mol. The summed E-state index contributed by atoms with van der Waals surface area (Å²) >= 11 is 0. The molecule has 0 aliphatic carbocycles. The van der Waals surface area contributed by atoms with E-state index in [1.54, 1.807) is 12.3 Å². The van der Waals surface area contributed by atoms with Crippen LogP contribution in [0.5, 0.6) is 0 Å². The number of amides is 2. The van der Waals surface area contributed by atoms with Crippen molar-refractivity contribution in [2.24, 2.45) is 0 Å². The number of likely N-dealkylation sites (tertiary alicyclic amines) is 1. The van der Waals surface area contributed by atoms with Gasteiger partial charge in [-0.25, -0.2) is 4.98 Å². The minimum absolute atomic E-state index is 0.0781. The van der Waals surface area contributed by atoms with Gasteiger partial charge in [0, 0.05) is 44.5 Å². The van der Waals surface area contributed by atoms with Crippen molar-refractivity contribution in [2.45, 2.75) is 32.6 Å². The predicted octanol–water partition coefficient (Wildman–Crippen LogP) is 1.77. The lowest BCUT2D eigenvalue weighted by Crippen LogP contribution is -2.50. The maximum absolute atomic E-state index is 12.6. The summed E-state index contributed by atoms with van der Waals surface area (Å²) < 4.78 is 0. The monoisotopic (exact) mass is 330 g/mol. The van der Waals surface area contributed by atoms with Crippen LogP contribution in [0.1, 0.15) is 43.0 Å². The first-order valence-corrected chi connectivity index (χ1v) is 8.97. The Balaban J connectivity index is 1.69. The summed E-state index contributed by atoms with van der Waals surface area (Å²) in [6, 6.07) is 3.61. The molecule has 0 unspecified atom stereocenters. The van der Waals surface area contributed by atoms with Crippen LogP contribution < -0.4 is 4.90 Å². The number of piperazine rings is 1. The van der Waals surface area contributed by atoms with Crippen molar-refractivity contribution < 1.29 is 9.59 Å². The first-order chi connectivity index (χ1) is 11.7. The zero-order valence-electron chi connectivity index (χ0n) is 14.4. The fourth-order valence-corrected chi connectivity index (χ4v) is 3.41. The lowest BCUT2D eigenvalue weighted by molar-refractivity contribution is -0.131. The van der Waals surface area contributed by atoms with Crippen LogP contribution in [0.2, 0.25) is 0 Å². The second-order valence-corrected chi connectivity index (χ2v) is 6.56. The molecule has 2 aliphatic rings. The van der Waals surface area contributed by atoms with Crippen molar-refractivity contribution in [3.8, 4) is 0 Å². The second-order valence-electron chi connectivity index (χ2n) is 6.56. The van der Waals surface area contributed by atoms with Gasteiger partial charge in [-0.15, -0.1) is 0 Å². The summed E-state index contributed by atoms with van der Waals surface area (Å²) in [5, 5.41) is 0. The Labute approximate surface area is 143 Å². The molecule has 3 rings (SSSR count). The van der Waals surface area contributed by atoms with Crippen LogP contribution in [0.25, 0.3) is 0 Å². The summed E-state index contributed by atoms with van der Waals surface area (Å²) in [6.07, 6.45) is 6.02. The molecule has 2 saturated heterocycles. The van der Waals surface area contributed by atoms with Crippen molar-refractivity contribution in [1.82, 2.24) is 14.8 Å². The SMILES string of the molecule is CCCN1CCN(c2cc(C(=O)N3CCCCC3)ccn2)CC1=O. The minimum atomic E-state index is 0.0781. The van der Waals surface area contributed by atoms with E-state index in [0.717, 1.165) is 57.8 Å². The summed E-state index contributed by atoms with van der Waals surface area (Å²) in [5.41, 5.74) is 0.672. The first-order valence-electron chi connectivity index (χ1n) is 8.97. The summed E-state index contributed by atoms with van der Waals surface area (Å²) in [6.45, 7) is 6.40. The van der Waals surface area contributed by atoms with Crippen molar-refractivity contribution in [3.05, 3.63) is 23.9 Å². The van der Waals surface area contributed by atoms with Gasteiger partial charge in [0.05, 0.1) is 6.54 Å². The molecule has 6 heteroatoms. The number of piperidine rings is 1. The fourth-order valence-electron chi connectivity index (χ4n) is 3.41. The maximum atomic E-state index is 12.6. The van der Waals surface area contributed by atoms with Gasteiger partial charge >= 0.3 is 0 Å². The molecule has 0 spiro atoms. The Kier molecular flexibility index (Phi) is 5.33. The van der Waals surface area contributed by atoms with Gasteiger partial charge in [0.1, 0.15) is 5.82 Å². The molecule has 2 amide bonds. The highest BCUT2D eigenvalue weighted by molar-refractivity contribution is 5.95. The molecular weight excluding hydrogens is 304 g/mol. The minimum Gasteiger partial charge on any atom is -0.346 e. The zero-order valence-corrected chi connectivity index (χ0v) is 14.4. The number of rotatable bonds is 4. The molecule has 2 fully saturated rings. The number of hydrogen-bond acceptors (Lipinski definition) is 4. The molecule has 0 saturated carbocycles. The molecule has 1 aromatic rings. The van der Waals surface area contributed by atoms with Crippen LogP contribution in [-0.2, 0) is 4.79 Å². The van der Waals surface area contributed by atoms with Crippen molar-refractivity contribution in [2.75, 3.05) is 44.2 Å². The number of hydrogen-bond donors (Lipinski definition) is 0. The topological polar surface area (TPSA) is 56.8 Å². The zero-order chi connectivity index (χ0) is 16.9. The van der Waals surface area contributed by atoms with E-state index in [-0.39, 0.29) is 11.8 Å². The molecular formula is C18H26N4O2. The van der Waals surface area contributed by atoms with Gasteiger partial charge < -0.3 is 14.7 Å². The number of nitrogens with zero attached hydrogens (tertiary/aromatic N) is 4. The molecule has 0 atom stereocenters. The highest BCUT2D eigenvalue weighted by Crippen LogP contribution is 2.18. The van der Waals surface area contributed by atoms with Crippen molar-refractivity contribution in [3.63, 3.8) is 0 Å². The van der Waals surface area contributed by atoms with Gasteiger partial charge in [0.25, 0.3) is 5.91 Å². The van der Waals surface area contributed by atoms with Gasteiger partial charge in [0.2, 0.25) is 5.91 Å². The lowest BCUT2D eigenvalue weighted by atomic mass is 10.1. The molecule has 130 valence electrons. The third-order valence-electron chi connectivity index (χ3n) is 4.77. The van der Waals surface area contributed by atoms with E-state index in [4.69, 9.17) is 0 Å². The Morgan fingerprint density at radius 1 is 1.17 bits per heavy atom. The average molecular weight is 330 g/mol. The number of pyridine rings is 1. The molecule has 24 heavy (non-hydrogen) atoms. The van der Waals surface area contributed by atoms with E-state index in [2.05, 4.69) is 11.9 Å². The van der Waals surface area contributed by atoms with Gasteiger partial charge in [-0.1, -0.05) is 6.92 Å². The van der Waals surface area contributed by atoms with Gasteiger partial charge in [-0.05, 0) is 37.8 Å². The highest BCUT2D eigenvalue weighted by Gasteiger charge is 2.25. The number of carbonyl (C=O) groups is 2. The van der Waals surface area contributed by atoms with E-state index in [1.165, 1.54) is 6.42 Å². The van der Waals surface area contributed by atoms with Crippen LogP contribution >= 0.6 is 0 Å². The normalized spacial score (nSPS) is 18.9. The third-order valence-corrected chi connectivity index (χ3v) is 4.77. The summed E-state index contributed by atoms with van der Waals surface area (Å²) in [7, 11) is 0. The number of aromatic nitrogens is 1. The molecule has 0 N–H and O–H groups in total. The van der Waals surface area contributed by atoms with E-state index in [9.17, 15) is 9.59 Å². The Morgan fingerprint density at radius 3 is 2.67 bits per heavy atom. The van der Waals surface area contributed by atoms with E-state index in [0.29, 0.717) is 12.1 Å². The fraction of sp³-hybridized carbons (Fsp3) is 0.611. The van der Waals surface area contributed by atoms with Gasteiger partial charge in [-0.3, -0.25) is 9.59 Å². The summed E-state index contributed by atoms with van der Waals surface area (Å²) in [5.74, 6) is 0.939. The molecule has 0 bridgehead atoms. The highest BCUT2D eigenvalue weighted by atomic mass is 16.2. The quantitative estimate of drug-likeness (QED) is 0.844. The van der Waals surface area contributed by atoms with Crippen molar-refractivity contribution >= 4 is 17.6 Å². The smallest absolute Gasteiger partial charge is 0.254 e. The molecule has 2 aliphatic heterocycles. The molecule has 0 aromatic carbocycles. The molecule has 0 radical (unpaired) electrons. The number of carbonyl (C=O) groups excluding carboxylic acids is 2. The van der Waals surface area contributed by atoms with Crippen molar-refractivity contribution in [1.29, 1.82) is 0 Å². The first kappa shape index (κ1) is 16.7. The van der Waals surface area contributed by atoms with Crippen LogP contribution in [0, 0.1) is 0 Å². The Morgan fingerprint density at radius 2 is 1.96 bits per heavy atom. The molecule has 6 nitrogen and oxygen atoms in total. The van der Waals surface area contributed by atoms with Crippen LogP contribution in [0.15, 0.2) is 18.3 Å². The van der Waals surface area contributed by atoms with Crippen LogP contribution in [0.4, 0.5) is 5.82 Å². The standard InChI is InChI=1S/C18H26N4O2/c1-2-8-20-11-12-22(14-17(20)23)16-13-15(6-7-19-16)18(24)21-9-4-3-5-10-21/h6-7,13H,2-5,8-12,14H2,1H3. The Hall–Kier alpha value is -2.11. The summed E-state index contributed by atoms with van der Waals surface area (Å²) in [4.78, 5) is 35.0. The average Bonchev–Trinajstić information content (AvgIpc) is 2.64. The van der Waals surface area contributed by atoms with E-state index >= 15 is 0 Å². The molecule has 1 aromatic heterocycles. The Bertz CT molecular complexity index is 598. The van der Waals surface area contributed by atoms with Gasteiger partial charge in [-0.2, -0.15) is 0 Å².